The SMILES string of the molecule is CC(C)N(CCNC(=O)CC1(N)CCC1)C(C)C. The lowest BCUT2D eigenvalue weighted by molar-refractivity contribution is -0.123. The minimum absolute atomic E-state index is 0.102. The van der Waals surface area contributed by atoms with Gasteiger partial charge in [0.05, 0.1) is 0 Å². The molecule has 0 bridgehead atoms. The van der Waals surface area contributed by atoms with Gasteiger partial charge in [0, 0.05) is 37.1 Å². The molecule has 4 nitrogen and oxygen atoms in total. The molecule has 0 aromatic rings. The number of carbonyl (C=O) groups is 1. The number of nitrogens with zero attached hydrogens (tertiary/aromatic N) is 1. The molecule has 0 radical (unpaired) electrons. The van der Waals surface area contributed by atoms with Crippen molar-refractivity contribution in [3.63, 3.8) is 0 Å². The summed E-state index contributed by atoms with van der Waals surface area (Å²) in [6.07, 6.45) is 3.63. The van der Waals surface area contributed by atoms with Crippen molar-refractivity contribution in [2.45, 2.75) is 71.0 Å². The summed E-state index contributed by atoms with van der Waals surface area (Å²) in [6, 6.07) is 1.02. The average molecular weight is 255 g/mol. The molecule has 1 fully saturated rings. The highest BCUT2D eigenvalue weighted by Gasteiger charge is 2.34. The lowest BCUT2D eigenvalue weighted by Crippen LogP contribution is -2.50. The Kier molecular flexibility index (Phi) is 5.60. The summed E-state index contributed by atoms with van der Waals surface area (Å²) in [5, 5.41) is 2.99. The third-order valence-corrected chi connectivity index (χ3v) is 3.88. The maximum absolute atomic E-state index is 11.8. The minimum Gasteiger partial charge on any atom is -0.355 e. The van der Waals surface area contributed by atoms with Crippen LogP contribution in [0, 0.1) is 0 Å². The van der Waals surface area contributed by atoms with Crippen molar-refractivity contribution < 1.29 is 4.79 Å². The molecule has 0 heterocycles. The molecule has 4 heteroatoms. The van der Waals surface area contributed by atoms with Crippen LogP contribution in [0.25, 0.3) is 0 Å². The lowest BCUT2D eigenvalue weighted by Gasteiger charge is -2.37. The van der Waals surface area contributed by atoms with Crippen molar-refractivity contribution in [2.75, 3.05) is 13.1 Å². The first-order valence-electron chi connectivity index (χ1n) is 7.15. The molecule has 0 unspecified atom stereocenters. The average Bonchev–Trinajstić information content (AvgIpc) is 2.21. The molecule has 3 N–H and O–H groups in total. The molecule has 0 saturated heterocycles. The van der Waals surface area contributed by atoms with Crippen LogP contribution in [0.4, 0.5) is 0 Å². The van der Waals surface area contributed by atoms with Gasteiger partial charge >= 0.3 is 0 Å². The van der Waals surface area contributed by atoms with Gasteiger partial charge in [-0.25, -0.2) is 0 Å². The number of amides is 1. The highest BCUT2D eigenvalue weighted by atomic mass is 16.1. The molecular weight excluding hydrogens is 226 g/mol. The van der Waals surface area contributed by atoms with E-state index in [2.05, 4.69) is 37.9 Å². The maximum Gasteiger partial charge on any atom is 0.221 e. The molecule has 0 aromatic carbocycles. The molecule has 18 heavy (non-hydrogen) atoms. The molecule has 0 atom stereocenters. The van der Waals surface area contributed by atoms with E-state index in [9.17, 15) is 4.79 Å². The molecule has 0 aromatic heterocycles. The highest BCUT2D eigenvalue weighted by Crippen LogP contribution is 2.31. The minimum atomic E-state index is -0.208. The van der Waals surface area contributed by atoms with Gasteiger partial charge in [-0.05, 0) is 47.0 Å². The van der Waals surface area contributed by atoms with E-state index in [4.69, 9.17) is 5.73 Å². The topological polar surface area (TPSA) is 58.4 Å². The van der Waals surface area contributed by atoms with E-state index in [0.29, 0.717) is 25.0 Å². The lowest BCUT2D eigenvalue weighted by atomic mass is 9.75. The highest BCUT2D eigenvalue weighted by molar-refractivity contribution is 5.77. The zero-order valence-electron chi connectivity index (χ0n) is 12.3. The zero-order chi connectivity index (χ0) is 13.8. The quantitative estimate of drug-likeness (QED) is 0.724. The Morgan fingerprint density at radius 3 is 2.22 bits per heavy atom. The summed E-state index contributed by atoms with van der Waals surface area (Å²) in [7, 11) is 0. The van der Waals surface area contributed by atoms with Crippen LogP contribution in [0.15, 0.2) is 0 Å². The predicted octanol–water partition coefficient (Wildman–Crippen LogP) is 1.49. The van der Waals surface area contributed by atoms with Crippen LogP contribution in [0.1, 0.15) is 53.4 Å². The summed E-state index contributed by atoms with van der Waals surface area (Å²) < 4.78 is 0. The van der Waals surface area contributed by atoms with E-state index in [1.807, 2.05) is 0 Å². The molecule has 1 amide bonds. The Bertz CT molecular complexity index is 264. The van der Waals surface area contributed by atoms with Crippen LogP contribution in [0.3, 0.4) is 0 Å². The maximum atomic E-state index is 11.8. The molecule has 1 saturated carbocycles. The van der Waals surface area contributed by atoms with Gasteiger partial charge in [-0.3, -0.25) is 9.69 Å². The fourth-order valence-electron chi connectivity index (χ4n) is 2.63. The van der Waals surface area contributed by atoms with Gasteiger partial charge < -0.3 is 11.1 Å². The van der Waals surface area contributed by atoms with Crippen LogP contribution < -0.4 is 11.1 Å². The van der Waals surface area contributed by atoms with Crippen molar-refractivity contribution in [3.8, 4) is 0 Å². The molecule has 106 valence electrons. The van der Waals surface area contributed by atoms with Gasteiger partial charge in [0.2, 0.25) is 5.91 Å². The monoisotopic (exact) mass is 255 g/mol. The van der Waals surface area contributed by atoms with Crippen molar-refractivity contribution in [1.29, 1.82) is 0 Å². The molecule has 0 spiro atoms. The molecular formula is C14H29N3O. The van der Waals surface area contributed by atoms with Crippen molar-refractivity contribution >= 4 is 5.91 Å². The summed E-state index contributed by atoms with van der Waals surface area (Å²) in [5.74, 6) is 0.102. The predicted molar refractivity (Wildman–Crippen MR) is 75.4 cm³/mol. The number of hydrogen-bond acceptors (Lipinski definition) is 3. The number of nitrogens with two attached hydrogens (primary N) is 1. The van der Waals surface area contributed by atoms with E-state index in [-0.39, 0.29) is 11.4 Å². The Hall–Kier alpha value is -0.610. The van der Waals surface area contributed by atoms with Crippen molar-refractivity contribution in [1.82, 2.24) is 10.2 Å². The van der Waals surface area contributed by atoms with E-state index < -0.39 is 0 Å². The normalized spacial score (nSPS) is 18.2. The Balaban J connectivity index is 2.21. The van der Waals surface area contributed by atoms with Gasteiger partial charge in [0.25, 0.3) is 0 Å². The Morgan fingerprint density at radius 1 is 1.28 bits per heavy atom. The van der Waals surface area contributed by atoms with Crippen molar-refractivity contribution in [3.05, 3.63) is 0 Å². The summed E-state index contributed by atoms with van der Waals surface area (Å²) in [5.41, 5.74) is 5.85. The molecule has 0 aliphatic heterocycles. The Morgan fingerprint density at radius 2 is 1.83 bits per heavy atom. The second-order valence-corrected chi connectivity index (χ2v) is 6.17. The summed E-state index contributed by atoms with van der Waals surface area (Å²) >= 11 is 0. The second kappa shape index (κ2) is 6.53. The van der Waals surface area contributed by atoms with Crippen LogP contribution in [0.2, 0.25) is 0 Å². The molecule has 1 rings (SSSR count). The van der Waals surface area contributed by atoms with Crippen LogP contribution >= 0.6 is 0 Å². The van der Waals surface area contributed by atoms with Crippen LogP contribution in [-0.4, -0.2) is 41.5 Å². The summed E-state index contributed by atoms with van der Waals surface area (Å²) in [4.78, 5) is 14.1. The summed E-state index contributed by atoms with van der Waals surface area (Å²) in [6.45, 7) is 10.4. The van der Waals surface area contributed by atoms with Crippen molar-refractivity contribution in [2.24, 2.45) is 5.73 Å². The van der Waals surface area contributed by atoms with Crippen LogP contribution in [0.5, 0.6) is 0 Å². The van der Waals surface area contributed by atoms with Gasteiger partial charge in [-0.1, -0.05) is 0 Å². The van der Waals surface area contributed by atoms with Crippen LogP contribution in [-0.2, 0) is 4.79 Å². The van der Waals surface area contributed by atoms with E-state index in [1.165, 1.54) is 0 Å². The Labute approximate surface area is 111 Å². The number of rotatable bonds is 7. The van der Waals surface area contributed by atoms with E-state index in [0.717, 1.165) is 25.8 Å². The largest absolute Gasteiger partial charge is 0.355 e. The first kappa shape index (κ1) is 15.4. The third kappa shape index (κ3) is 4.58. The fraction of sp³-hybridized carbons (Fsp3) is 0.929. The second-order valence-electron chi connectivity index (χ2n) is 6.17. The zero-order valence-corrected chi connectivity index (χ0v) is 12.3. The first-order valence-corrected chi connectivity index (χ1v) is 7.15. The first-order chi connectivity index (χ1) is 8.34. The molecule has 1 aliphatic carbocycles. The number of carbonyl (C=O) groups excluding carboxylic acids is 1. The van der Waals surface area contributed by atoms with Gasteiger partial charge in [-0.15, -0.1) is 0 Å². The standard InChI is InChI=1S/C14H29N3O/c1-11(2)17(12(3)4)9-8-16-13(18)10-14(15)6-5-7-14/h11-12H,5-10,15H2,1-4H3,(H,16,18). The fourth-order valence-corrected chi connectivity index (χ4v) is 2.63. The smallest absolute Gasteiger partial charge is 0.221 e. The van der Waals surface area contributed by atoms with E-state index in [1.54, 1.807) is 0 Å². The number of hydrogen-bond donors (Lipinski definition) is 2. The third-order valence-electron chi connectivity index (χ3n) is 3.88. The van der Waals surface area contributed by atoms with E-state index >= 15 is 0 Å². The van der Waals surface area contributed by atoms with Gasteiger partial charge in [-0.2, -0.15) is 0 Å². The molecule has 1 aliphatic rings. The number of nitrogens with one attached hydrogen (secondary N) is 1. The van der Waals surface area contributed by atoms with Gasteiger partial charge in [0.15, 0.2) is 0 Å². The van der Waals surface area contributed by atoms with Gasteiger partial charge in [0.1, 0.15) is 0 Å².